The molecule has 0 bridgehead atoms. The van der Waals surface area contributed by atoms with Gasteiger partial charge in [-0.15, -0.1) is 0 Å². The Hall–Kier alpha value is -3.34. The maximum atomic E-state index is 13.4. The highest BCUT2D eigenvalue weighted by Gasteiger charge is 2.26. The van der Waals surface area contributed by atoms with E-state index in [0.29, 0.717) is 12.2 Å². The van der Waals surface area contributed by atoms with Crippen molar-refractivity contribution in [1.82, 2.24) is 10.3 Å². The van der Waals surface area contributed by atoms with Crippen LogP contribution in [0.4, 0.5) is 5.69 Å². The van der Waals surface area contributed by atoms with Gasteiger partial charge < -0.3 is 15.0 Å². The minimum absolute atomic E-state index is 0.0723. The molecule has 32 heavy (non-hydrogen) atoms. The summed E-state index contributed by atoms with van der Waals surface area (Å²) in [4.78, 5) is 20.3. The number of nitrogens with zero attached hydrogens (tertiary/aromatic N) is 2. The van der Waals surface area contributed by atoms with Crippen molar-refractivity contribution >= 4 is 28.1 Å². The Morgan fingerprint density at radius 2 is 2.00 bits per heavy atom. The molecule has 5 nitrogen and oxygen atoms in total. The van der Waals surface area contributed by atoms with Crippen molar-refractivity contribution in [2.75, 3.05) is 25.6 Å². The highest BCUT2D eigenvalue weighted by atomic mass is 16.5. The van der Waals surface area contributed by atoms with Crippen LogP contribution in [-0.2, 0) is 0 Å². The van der Waals surface area contributed by atoms with Crippen LogP contribution in [0.2, 0.25) is 0 Å². The predicted molar refractivity (Wildman–Crippen MR) is 129 cm³/mol. The summed E-state index contributed by atoms with van der Waals surface area (Å²) in [5, 5.41) is 4.25. The smallest absolute Gasteiger partial charge is 0.255 e. The second-order valence-electron chi connectivity index (χ2n) is 8.79. The number of amides is 1. The maximum absolute atomic E-state index is 13.4. The second kappa shape index (κ2) is 8.65. The molecule has 3 aromatic rings. The Kier molecular flexibility index (Phi) is 5.56. The third-order valence-corrected chi connectivity index (χ3v) is 6.46. The molecule has 0 spiro atoms. The number of aromatic nitrogens is 1. The normalized spacial score (nSPS) is 17.8. The van der Waals surface area contributed by atoms with E-state index in [1.165, 1.54) is 24.0 Å². The summed E-state index contributed by atoms with van der Waals surface area (Å²) in [5.41, 5.74) is 6.06. The fourth-order valence-electron chi connectivity index (χ4n) is 4.93. The van der Waals surface area contributed by atoms with Crippen molar-refractivity contribution in [3.05, 3.63) is 71.4 Å². The lowest BCUT2D eigenvalue weighted by molar-refractivity contribution is 0.0925. The highest BCUT2D eigenvalue weighted by Crippen LogP contribution is 2.36. The number of hydrogen-bond donors (Lipinski definition) is 1. The second-order valence-corrected chi connectivity index (χ2v) is 8.79. The molecule has 0 radical (unpaired) electrons. The van der Waals surface area contributed by atoms with E-state index in [0.717, 1.165) is 47.2 Å². The lowest BCUT2D eigenvalue weighted by Crippen LogP contribution is -2.33. The number of carbonyl (C=O) groups is 1. The molecule has 5 rings (SSSR count). The van der Waals surface area contributed by atoms with E-state index in [9.17, 15) is 4.79 Å². The lowest BCUT2D eigenvalue weighted by Gasteiger charge is -2.27. The Morgan fingerprint density at radius 3 is 2.81 bits per heavy atom. The molecular formula is C27H29N3O2. The van der Waals surface area contributed by atoms with E-state index in [2.05, 4.69) is 29.6 Å². The Balaban J connectivity index is 1.54. The Labute approximate surface area is 189 Å². The van der Waals surface area contributed by atoms with Crippen molar-refractivity contribution in [3.63, 3.8) is 0 Å². The number of allylic oxidation sites excluding steroid dienone is 2. The van der Waals surface area contributed by atoms with Gasteiger partial charge in [-0.2, -0.15) is 0 Å². The number of ether oxygens (including phenoxy) is 1. The number of nitrogens with one attached hydrogen (secondary N) is 1. The van der Waals surface area contributed by atoms with E-state index in [-0.39, 0.29) is 11.9 Å². The minimum Gasteiger partial charge on any atom is -0.493 e. The predicted octanol–water partition coefficient (Wildman–Crippen LogP) is 5.51. The van der Waals surface area contributed by atoms with Crippen molar-refractivity contribution in [2.24, 2.45) is 0 Å². The number of pyridine rings is 1. The average molecular weight is 428 g/mol. The molecule has 1 atom stereocenters. The summed E-state index contributed by atoms with van der Waals surface area (Å²) in [5.74, 6) is 0.742. The van der Waals surface area contributed by atoms with Gasteiger partial charge in [0.1, 0.15) is 5.75 Å². The number of benzene rings is 2. The zero-order valence-electron chi connectivity index (χ0n) is 18.7. The quantitative estimate of drug-likeness (QED) is 0.596. The maximum Gasteiger partial charge on any atom is 0.255 e. The van der Waals surface area contributed by atoms with Gasteiger partial charge in [-0.25, -0.2) is 0 Å². The summed E-state index contributed by atoms with van der Waals surface area (Å²) >= 11 is 0. The first-order valence-corrected chi connectivity index (χ1v) is 11.4. The molecule has 0 saturated carbocycles. The van der Waals surface area contributed by atoms with Crippen molar-refractivity contribution in [2.45, 2.75) is 38.1 Å². The molecule has 0 saturated heterocycles. The molecule has 2 aromatic carbocycles. The summed E-state index contributed by atoms with van der Waals surface area (Å²) in [6, 6.07) is 14.2. The summed E-state index contributed by atoms with van der Waals surface area (Å²) < 4.78 is 5.75. The largest absolute Gasteiger partial charge is 0.493 e. The van der Waals surface area contributed by atoms with Crippen LogP contribution in [0, 0.1) is 0 Å². The van der Waals surface area contributed by atoms with Crippen LogP contribution in [0.3, 0.4) is 0 Å². The minimum atomic E-state index is -0.105. The van der Waals surface area contributed by atoms with Gasteiger partial charge in [0.15, 0.2) is 0 Å². The van der Waals surface area contributed by atoms with Crippen LogP contribution < -0.4 is 15.0 Å². The van der Waals surface area contributed by atoms with Gasteiger partial charge in [0.2, 0.25) is 0 Å². The SMILES string of the molecule is CN(C)c1c(C(=O)NC2CCOc3ccccc32)cnc2c(C3=CCCCC3)cccc12. The van der Waals surface area contributed by atoms with Crippen LogP contribution in [0.5, 0.6) is 5.75 Å². The molecule has 2 aliphatic rings. The zero-order valence-corrected chi connectivity index (χ0v) is 18.7. The molecule has 1 amide bonds. The van der Waals surface area contributed by atoms with Crippen LogP contribution in [0.1, 0.15) is 59.6 Å². The van der Waals surface area contributed by atoms with Crippen LogP contribution in [-0.4, -0.2) is 31.6 Å². The van der Waals surface area contributed by atoms with E-state index < -0.39 is 0 Å². The monoisotopic (exact) mass is 427 g/mol. The number of carbonyl (C=O) groups excluding carboxylic acids is 1. The summed E-state index contributed by atoms with van der Waals surface area (Å²) in [6.07, 6.45) is 9.52. The van der Waals surface area contributed by atoms with E-state index in [4.69, 9.17) is 9.72 Å². The van der Waals surface area contributed by atoms with Crippen LogP contribution >= 0.6 is 0 Å². The fraction of sp³-hybridized carbons (Fsp3) is 0.333. The summed E-state index contributed by atoms with van der Waals surface area (Å²) in [7, 11) is 3.98. The molecule has 1 aliphatic carbocycles. The molecule has 2 heterocycles. The van der Waals surface area contributed by atoms with Crippen LogP contribution in [0.25, 0.3) is 16.5 Å². The standard InChI is InChI=1S/C27H29N3O2/c1-30(2)26-21-13-8-12-19(18-9-4-3-5-10-18)25(21)28-17-22(26)27(31)29-23-15-16-32-24-14-7-6-11-20(23)24/h6-9,11-14,17,23H,3-5,10,15-16H2,1-2H3,(H,29,31). The Morgan fingerprint density at radius 1 is 1.12 bits per heavy atom. The van der Waals surface area contributed by atoms with Gasteiger partial charge in [-0.05, 0) is 37.3 Å². The fourth-order valence-corrected chi connectivity index (χ4v) is 4.93. The van der Waals surface area contributed by atoms with Gasteiger partial charge in [-0.1, -0.05) is 42.5 Å². The van der Waals surface area contributed by atoms with Gasteiger partial charge >= 0.3 is 0 Å². The van der Waals surface area contributed by atoms with E-state index in [1.807, 2.05) is 43.3 Å². The molecule has 5 heteroatoms. The molecule has 1 N–H and O–H groups in total. The number of fused-ring (bicyclic) bond motifs is 2. The highest BCUT2D eigenvalue weighted by molar-refractivity contribution is 6.09. The third kappa shape index (κ3) is 3.72. The topological polar surface area (TPSA) is 54.5 Å². The molecule has 164 valence electrons. The lowest BCUT2D eigenvalue weighted by atomic mass is 9.91. The third-order valence-electron chi connectivity index (χ3n) is 6.46. The number of para-hydroxylation sites is 2. The number of anilines is 1. The summed E-state index contributed by atoms with van der Waals surface area (Å²) in [6.45, 7) is 0.594. The van der Waals surface area contributed by atoms with Crippen molar-refractivity contribution < 1.29 is 9.53 Å². The molecule has 1 unspecified atom stereocenters. The van der Waals surface area contributed by atoms with Crippen molar-refractivity contribution in [1.29, 1.82) is 0 Å². The van der Waals surface area contributed by atoms with Crippen LogP contribution in [0.15, 0.2) is 54.7 Å². The Bertz CT molecular complexity index is 1200. The van der Waals surface area contributed by atoms with E-state index in [1.54, 1.807) is 6.20 Å². The molecule has 0 fully saturated rings. The number of hydrogen-bond acceptors (Lipinski definition) is 4. The number of rotatable bonds is 4. The van der Waals surface area contributed by atoms with Gasteiger partial charge in [0.05, 0.1) is 29.4 Å². The van der Waals surface area contributed by atoms with Gasteiger partial charge in [0.25, 0.3) is 5.91 Å². The van der Waals surface area contributed by atoms with Gasteiger partial charge in [0, 0.05) is 43.2 Å². The molecule has 1 aliphatic heterocycles. The first kappa shape index (κ1) is 20.6. The molecule has 1 aromatic heterocycles. The van der Waals surface area contributed by atoms with Crippen molar-refractivity contribution in [3.8, 4) is 5.75 Å². The zero-order chi connectivity index (χ0) is 22.1. The average Bonchev–Trinajstić information content (AvgIpc) is 2.83. The van der Waals surface area contributed by atoms with E-state index >= 15 is 0 Å². The first-order valence-electron chi connectivity index (χ1n) is 11.4. The first-order chi connectivity index (χ1) is 15.6. The van der Waals surface area contributed by atoms with Gasteiger partial charge in [-0.3, -0.25) is 9.78 Å². The molecular weight excluding hydrogens is 398 g/mol.